The number of anilines is 2. The first-order valence-electron chi connectivity index (χ1n) is 11.3. The second-order valence-corrected chi connectivity index (χ2v) is 9.12. The van der Waals surface area contributed by atoms with E-state index >= 15 is 0 Å². The number of nitrogens with zero attached hydrogens (tertiary/aromatic N) is 3. The van der Waals surface area contributed by atoms with Crippen molar-refractivity contribution in [1.29, 1.82) is 0 Å². The van der Waals surface area contributed by atoms with E-state index in [9.17, 15) is 24.5 Å². The van der Waals surface area contributed by atoms with E-state index in [2.05, 4.69) is 15.6 Å². The average molecular weight is 514 g/mol. The lowest BCUT2D eigenvalue weighted by atomic mass is 9.84. The molecule has 1 aromatic carbocycles. The lowest BCUT2D eigenvalue weighted by molar-refractivity contribution is -0.384. The van der Waals surface area contributed by atoms with Gasteiger partial charge in [-0.05, 0) is 43.9 Å². The number of rotatable bonds is 6. The second kappa shape index (κ2) is 10.3. The molecule has 0 saturated heterocycles. The zero-order valence-corrected chi connectivity index (χ0v) is 20.4. The number of carbonyl (C=O) groups excluding carboxylic acids is 3. The van der Waals surface area contributed by atoms with Crippen molar-refractivity contribution in [3.8, 4) is 0 Å². The fourth-order valence-electron chi connectivity index (χ4n) is 4.31. The van der Waals surface area contributed by atoms with Gasteiger partial charge < -0.3 is 20.0 Å². The van der Waals surface area contributed by atoms with Crippen molar-refractivity contribution in [2.45, 2.75) is 38.6 Å². The average Bonchev–Trinajstić information content (AvgIpc) is 3.22. The van der Waals surface area contributed by atoms with Gasteiger partial charge in [-0.25, -0.2) is 4.98 Å². The van der Waals surface area contributed by atoms with Crippen molar-refractivity contribution in [2.24, 2.45) is 5.92 Å². The number of furan rings is 1. The van der Waals surface area contributed by atoms with Gasteiger partial charge >= 0.3 is 0 Å². The Morgan fingerprint density at radius 1 is 1.14 bits per heavy atom. The number of nitro benzene ring substituents is 1. The van der Waals surface area contributed by atoms with Crippen molar-refractivity contribution in [2.75, 3.05) is 17.7 Å². The number of non-ortho nitro benzene ring substituents is 1. The summed E-state index contributed by atoms with van der Waals surface area (Å²) in [4.78, 5) is 54.4. The highest BCUT2D eigenvalue weighted by Gasteiger charge is 2.31. The Labute approximate surface area is 210 Å². The topological polar surface area (TPSA) is 148 Å². The Hall–Kier alpha value is -3.99. The molecule has 2 N–H and O–H groups in total. The minimum absolute atomic E-state index is 0.0276. The maximum atomic E-state index is 13.2. The van der Waals surface area contributed by atoms with Crippen molar-refractivity contribution in [1.82, 2.24) is 9.88 Å². The summed E-state index contributed by atoms with van der Waals surface area (Å²) in [6.07, 6.45) is 3.81. The molecule has 2 aromatic heterocycles. The van der Waals surface area contributed by atoms with E-state index in [1.54, 1.807) is 18.0 Å². The first kappa shape index (κ1) is 25.1. The molecule has 1 aliphatic carbocycles. The summed E-state index contributed by atoms with van der Waals surface area (Å²) in [7, 11) is 1.75. The Morgan fingerprint density at radius 2 is 1.86 bits per heavy atom. The molecule has 1 aliphatic rings. The number of hydrogen-bond donors (Lipinski definition) is 2. The summed E-state index contributed by atoms with van der Waals surface area (Å²) >= 11 is 5.84. The van der Waals surface area contributed by atoms with Gasteiger partial charge in [0, 0.05) is 44.3 Å². The highest BCUT2D eigenvalue weighted by atomic mass is 35.5. The first-order valence-corrected chi connectivity index (χ1v) is 11.7. The van der Waals surface area contributed by atoms with Crippen LogP contribution < -0.4 is 10.6 Å². The normalized spacial score (nSPS) is 17.4. The van der Waals surface area contributed by atoms with Gasteiger partial charge in [0.25, 0.3) is 11.6 Å². The Morgan fingerprint density at radius 3 is 2.47 bits per heavy atom. The van der Waals surface area contributed by atoms with Gasteiger partial charge in [0.2, 0.25) is 17.6 Å². The minimum Gasteiger partial charge on any atom is -0.449 e. The van der Waals surface area contributed by atoms with Crippen LogP contribution in [0.5, 0.6) is 0 Å². The number of aromatic nitrogens is 1. The zero-order chi connectivity index (χ0) is 26.0. The number of hydrogen-bond acceptors (Lipinski definition) is 7. The molecular weight excluding hydrogens is 490 g/mol. The molecule has 3 amide bonds. The minimum atomic E-state index is -0.689. The molecule has 1 saturated carbocycles. The van der Waals surface area contributed by atoms with E-state index in [0.717, 1.165) is 0 Å². The number of fused-ring (bicyclic) bond motifs is 1. The SMILES string of the molecule is CC(=O)N(C)C1CCC(C(=O)Nc2c(C(=O)Nc3ccc(Cl)cn3)oc3ccc([N+](=O)[O-])cc23)CC1. The lowest BCUT2D eigenvalue weighted by Gasteiger charge is -2.33. The van der Waals surface area contributed by atoms with Crippen LogP contribution in [0.3, 0.4) is 0 Å². The highest BCUT2D eigenvalue weighted by Crippen LogP contribution is 2.36. The van der Waals surface area contributed by atoms with E-state index in [1.807, 2.05) is 0 Å². The summed E-state index contributed by atoms with van der Waals surface area (Å²) in [5.74, 6) is -1.39. The molecule has 1 fully saturated rings. The molecule has 3 aromatic rings. The molecule has 188 valence electrons. The van der Waals surface area contributed by atoms with Crippen LogP contribution in [0.2, 0.25) is 5.02 Å². The molecule has 12 heteroatoms. The fraction of sp³-hybridized carbons (Fsp3) is 0.333. The monoisotopic (exact) mass is 513 g/mol. The molecule has 2 heterocycles. The molecule has 0 bridgehead atoms. The molecule has 36 heavy (non-hydrogen) atoms. The van der Waals surface area contributed by atoms with Gasteiger partial charge in [-0.15, -0.1) is 0 Å². The van der Waals surface area contributed by atoms with Crippen molar-refractivity contribution < 1.29 is 23.7 Å². The fourth-order valence-corrected chi connectivity index (χ4v) is 4.43. The molecular formula is C24H24ClN5O6. The molecule has 11 nitrogen and oxygen atoms in total. The third-order valence-corrected chi connectivity index (χ3v) is 6.64. The molecule has 0 aliphatic heterocycles. The van der Waals surface area contributed by atoms with Gasteiger partial charge in [-0.2, -0.15) is 0 Å². The predicted octanol–water partition coefficient (Wildman–Crippen LogP) is 4.62. The van der Waals surface area contributed by atoms with E-state index < -0.39 is 10.8 Å². The molecule has 4 rings (SSSR count). The third-order valence-electron chi connectivity index (χ3n) is 6.42. The third kappa shape index (κ3) is 5.30. The first-order chi connectivity index (χ1) is 17.1. The molecule has 0 unspecified atom stereocenters. The van der Waals surface area contributed by atoms with Crippen molar-refractivity contribution >= 4 is 57.5 Å². The van der Waals surface area contributed by atoms with Gasteiger partial charge in [-0.1, -0.05) is 11.6 Å². The summed E-state index contributed by atoms with van der Waals surface area (Å²) in [6.45, 7) is 1.51. The number of amides is 3. The van der Waals surface area contributed by atoms with Crippen LogP contribution >= 0.6 is 11.6 Å². The van der Waals surface area contributed by atoms with E-state index in [1.165, 1.54) is 37.4 Å². The number of pyridine rings is 1. The van der Waals surface area contributed by atoms with Crippen LogP contribution in [0.4, 0.5) is 17.2 Å². The van der Waals surface area contributed by atoms with Crippen LogP contribution in [0.1, 0.15) is 43.2 Å². The van der Waals surface area contributed by atoms with Crippen LogP contribution in [0.25, 0.3) is 11.0 Å². The second-order valence-electron chi connectivity index (χ2n) is 8.68. The Kier molecular flexibility index (Phi) is 7.20. The summed E-state index contributed by atoms with van der Waals surface area (Å²) < 4.78 is 5.71. The van der Waals surface area contributed by atoms with E-state index in [4.69, 9.17) is 16.0 Å². The Balaban J connectivity index is 1.60. The predicted molar refractivity (Wildman–Crippen MR) is 133 cm³/mol. The lowest BCUT2D eigenvalue weighted by Crippen LogP contribution is -2.40. The number of benzene rings is 1. The Bertz CT molecular complexity index is 1330. The number of nitrogens with one attached hydrogen (secondary N) is 2. The quantitative estimate of drug-likeness (QED) is 0.361. The maximum absolute atomic E-state index is 13.2. The molecule has 0 spiro atoms. The van der Waals surface area contributed by atoms with Crippen LogP contribution in [0, 0.1) is 16.0 Å². The largest absolute Gasteiger partial charge is 0.449 e. The number of nitro groups is 1. The summed E-state index contributed by atoms with van der Waals surface area (Å²) in [6, 6.07) is 7.01. The van der Waals surface area contributed by atoms with Crippen molar-refractivity contribution in [3.05, 3.63) is 57.4 Å². The van der Waals surface area contributed by atoms with Crippen LogP contribution in [0.15, 0.2) is 40.9 Å². The van der Waals surface area contributed by atoms with Crippen molar-refractivity contribution in [3.63, 3.8) is 0 Å². The van der Waals surface area contributed by atoms with Crippen LogP contribution in [-0.4, -0.2) is 45.6 Å². The van der Waals surface area contributed by atoms with Gasteiger partial charge in [0.05, 0.1) is 15.3 Å². The van der Waals surface area contributed by atoms with Gasteiger partial charge in [-0.3, -0.25) is 24.5 Å². The van der Waals surface area contributed by atoms with Gasteiger partial charge in [0.15, 0.2) is 0 Å². The smallest absolute Gasteiger partial charge is 0.294 e. The number of carbonyl (C=O) groups is 3. The molecule has 0 radical (unpaired) electrons. The zero-order valence-electron chi connectivity index (χ0n) is 19.6. The summed E-state index contributed by atoms with van der Waals surface area (Å²) in [5.41, 5.74) is 0.0444. The maximum Gasteiger partial charge on any atom is 0.294 e. The standard InChI is InChI=1S/C24H24ClN5O6/c1-13(31)29(2)16-6-3-14(4-7-16)23(32)28-21-18-11-17(30(34)35)8-9-19(18)36-22(21)24(33)27-20-10-5-15(25)12-26-20/h5,8-12,14,16H,3-4,6-7H2,1-2H3,(H,28,32)(H,26,27,33). The number of halogens is 1. The summed E-state index contributed by atoms with van der Waals surface area (Å²) in [5, 5.41) is 17.3. The van der Waals surface area contributed by atoms with Crippen LogP contribution in [-0.2, 0) is 9.59 Å². The van der Waals surface area contributed by atoms with E-state index in [0.29, 0.717) is 30.7 Å². The highest BCUT2D eigenvalue weighted by molar-refractivity contribution is 6.30. The van der Waals surface area contributed by atoms with Gasteiger partial charge in [0.1, 0.15) is 17.1 Å². The van der Waals surface area contributed by atoms with E-state index in [-0.39, 0.29) is 57.7 Å². The molecule has 0 atom stereocenters.